The number of aromatic amines is 1. The Balaban J connectivity index is 2.26. The molecular weight excluding hydrogens is 218 g/mol. The van der Waals surface area contributed by atoms with Crippen LogP contribution >= 0.6 is 15.9 Å². The molecule has 4 heteroatoms. The minimum Gasteiger partial charge on any atom is -0.330 e. The first-order valence-corrected chi connectivity index (χ1v) is 5.05. The van der Waals surface area contributed by atoms with Crippen molar-refractivity contribution in [1.82, 2.24) is 10.2 Å². The van der Waals surface area contributed by atoms with Crippen molar-refractivity contribution in [3.63, 3.8) is 0 Å². The number of nitrogens with two attached hydrogens (primary N) is 1. The molecule has 0 unspecified atom stereocenters. The molecule has 66 valence electrons. The second-order valence-corrected chi connectivity index (χ2v) is 3.97. The van der Waals surface area contributed by atoms with Gasteiger partial charge < -0.3 is 5.73 Å². The third kappa shape index (κ3) is 1.41. The maximum Gasteiger partial charge on any atom is 0.131 e. The van der Waals surface area contributed by atoms with Crippen LogP contribution in [0, 0.1) is 0 Å². The van der Waals surface area contributed by atoms with Gasteiger partial charge in [0, 0.05) is 17.2 Å². The molecule has 12 heavy (non-hydrogen) atoms. The van der Waals surface area contributed by atoms with E-state index in [0.29, 0.717) is 6.54 Å². The quantitative estimate of drug-likeness (QED) is 0.827. The van der Waals surface area contributed by atoms with E-state index in [1.54, 1.807) is 0 Å². The zero-order valence-electron chi connectivity index (χ0n) is 6.81. The third-order valence-electron chi connectivity index (χ3n) is 2.23. The van der Waals surface area contributed by atoms with Crippen LogP contribution in [0.4, 0.5) is 0 Å². The van der Waals surface area contributed by atoms with Crippen LogP contribution in [-0.4, -0.2) is 16.7 Å². The second-order valence-electron chi connectivity index (χ2n) is 3.22. The molecule has 1 aliphatic carbocycles. The average molecular weight is 230 g/mol. The lowest BCUT2D eigenvalue weighted by Gasteiger charge is -1.98. The van der Waals surface area contributed by atoms with Gasteiger partial charge >= 0.3 is 0 Å². The van der Waals surface area contributed by atoms with Crippen LogP contribution in [0.15, 0.2) is 4.60 Å². The molecule has 2 rings (SSSR count). The summed E-state index contributed by atoms with van der Waals surface area (Å²) < 4.78 is 0.940. The molecule has 1 heterocycles. The van der Waals surface area contributed by atoms with Crippen LogP contribution < -0.4 is 5.73 Å². The molecule has 0 radical (unpaired) electrons. The van der Waals surface area contributed by atoms with Crippen molar-refractivity contribution in [3.8, 4) is 0 Å². The van der Waals surface area contributed by atoms with Crippen molar-refractivity contribution < 1.29 is 0 Å². The number of hydrogen-bond acceptors (Lipinski definition) is 2. The number of rotatable bonds is 3. The molecule has 1 fully saturated rings. The highest BCUT2D eigenvalue weighted by atomic mass is 79.9. The van der Waals surface area contributed by atoms with Gasteiger partial charge in [-0.15, -0.1) is 0 Å². The summed E-state index contributed by atoms with van der Waals surface area (Å²) in [5.41, 5.74) is 8.09. The van der Waals surface area contributed by atoms with Crippen molar-refractivity contribution in [2.24, 2.45) is 5.73 Å². The molecule has 0 amide bonds. The highest BCUT2D eigenvalue weighted by Crippen LogP contribution is 2.41. The number of H-pyrrole nitrogens is 1. The van der Waals surface area contributed by atoms with Crippen molar-refractivity contribution in [1.29, 1.82) is 0 Å². The Hall–Kier alpha value is -0.350. The SMILES string of the molecule is NCCc1c(Br)n[nH]c1C1CC1. The van der Waals surface area contributed by atoms with Gasteiger partial charge in [-0.3, -0.25) is 5.10 Å². The van der Waals surface area contributed by atoms with E-state index < -0.39 is 0 Å². The summed E-state index contributed by atoms with van der Waals surface area (Å²) in [6.45, 7) is 0.692. The summed E-state index contributed by atoms with van der Waals surface area (Å²) in [6, 6.07) is 0. The standard InChI is InChI=1S/C8H12BrN3/c9-8-6(3-4-10)7(11-12-8)5-1-2-5/h5H,1-4,10H2,(H,11,12). The Labute approximate surface area is 79.9 Å². The first-order valence-electron chi connectivity index (χ1n) is 4.25. The monoisotopic (exact) mass is 229 g/mol. The molecule has 3 N–H and O–H groups in total. The summed E-state index contributed by atoms with van der Waals surface area (Å²) in [5, 5.41) is 7.20. The molecule has 0 saturated heterocycles. The van der Waals surface area contributed by atoms with Gasteiger partial charge in [0.1, 0.15) is 4.60 Å². The zero-order chi connectivity index (χ0) is 8.55. The van der Waals surface area contributed by atoms with Crippen molar-refractivity contribution in [3.05, 3.63) is 15.9 Å². The van der Waals surface area contributed by atoms with Crippen LogP contribution in [0.25, 0.3) is 0 Å². The molecular formula is C8H12BrN3. The Morgan fingerprint density at radius 3 is 2.92 bits per heavy atom. The average Bonchev–Trinajstić information content (AvgIpc) is 2.82. The summed E-state index contributed by atoms with van der Waals surface area (Å²) in [5.74, 6) is 0.727. The number of hydrogen-bond donors (Lipinski definition) is 2. The minimum atomic E-state index is 0.692. The number of nitrogens with zero attached hydrogens (tertiary/aromatic N) is 1. The van der Waals surface area contributed by atoms with E-state index in [4.69, 9.17) is 5.73 Å². The van der Waals surface area contributed by atoms with E-state index >= 15 is 0 Å². The predicted molar refractivity (Wildman–Crippen MR) is 51.0 cm³/mol. The predicted octanol–water partition coefficient (Wildman–Crippen LogP) is 1.55. The number of aromatic nitrogens is 2. The zero-order valence-corrected chi connectivity index (χ0v) is 8.39. The third-order valence-corrected chi connectivity index (χ3v) is 2.88. The summed E-state index contributed by atoms with van der Waals surface area (Å²) in [7, 11) is 0. The lowest BCUT2D eigenvalue weighted by molar-refractivity contribution is 0.914. The largest absolute Gasteiger partial charge is 0.330 e. The second kappa shape index (κ2) is 3.18. The topological polar surface area (TPSA) is 54.7 Å². The number of halogens is 1. The van der Waals surface area contributed by atoms with E-state index in [0.717, 1.165) is 16.9 Å². The first kappa shape index (κ1) is 8.26. The molecule has 0 bridgehead atoms. The van der Waals surface area contributed by atoms with Gasteiger partial charge in [0.25, 0.3) is 0 Å². The normalized spacial score (nSPS) is 16.8. The Bertz CT molecular complexity index is 278. The van der Waals surface area contributed by atoms with Crippen LogP contribution in [-0.2, 0) is 6.42 Å². The fourth-order valence-corrected chi connectivity index (χ4v) is 1.95. The first-order chi connectivity index (χ1) is 5.83. The van der Waals surface area contributed by atoms with E-state index in [9.17, 15) is 0 Å². The molecule has 1 aliphatic rings. The van der Waals surface area contributed by atoms with Crippen molar-refractivity contribution >= 4 is 15.9 Å². The van der Waals surface area contributed by atoms with Crippen molar-refractivity contribution in [2.45, 2.75) is 25.2 Å². The van der Waals surface area contributed by atoms with E-state index in [-0.39, 0.29) is 0 Å². The van der Waals surface area contributed by atoms with Gasteiger partial charge in [-0.2, -0.15) is 5.10 Å². The van der Waals surface area contributed by atoms with Gasteiger partial charge in [0.05, 0.1) is 0 Å². The van der Waals surface area contributed by atoms with Crippen LogP contribution in [0.1, 0.15) is 30.0 Å². The Morgan fingerprint density at radius 1 is 1.58 bits per heavy atom. The summed E-state index contributed by atoms with van der Waals surface area (Å²) >= 11 is 3.42. The Kier molecular flexibility index (Phi) is 2.19. The van der Waals surface area contributed by atoms with Crippen molar-refractivity contribution in [2.75, 3.05) is 6.54 Å². The molecule has 0 aliphatic heterocycles. The molecule has 1 aromatic heterocycles. The fraction of sp³-hybridized carbons (Fsp3) is 0.625. The highest BCUT2D eigenvalue weighted by molar-refractivity contribution is 9.10. The highest BCUT2D eigenvalue weighted by Gasteiger charge is 2.28. The number of nitrogens with one attached hydrogen (secondary N) is 1. The molecule has 1 saturated carbocycles. The van der Waals surface area contributed by atoms with Gasteiger partial charge in [0.15, 0.2) is 0 Å². The van der Waals surface area contributed by atoms with Crippen LogP contribution in [0.3, 0.4) is 0 Å². The molecule has 0 atom stereocenters. The van der Waals surface area contributed by atoms with Gasteiger partial charge in [-0.1, -0.05) is 0 Å². The summed E-state index contributed by atoms with van der Waals surface area (Å²) in [6.07, 6.45) is 3.52. The fourth-order valence-electron chi connectivity index (χ4n) is 1.45. The van der Waals surface area contributed by atoms with Crippen LogP contribution in [0.2, 0.25) is 0 Å². The molecule has 1 aromatic rings. The molecule has 3 nitrogen and oxygen atoms in total. The lowest BCUT2D eigenvalue weighted by Crippen LogP contribution is -2.04. The van der Waals surface area contributed by atoms with E-state index in [1.807, 2.05) is 0 Å². The van der Waals surface area contributed by atoms with E-state index in [1.165, 1.54) is 24.1 Å². The van der Waals surface area contributed by atoms with Crippen LogP contribution in [0.5, 0.6) is 0 Å². The maximum absolute atomic E-state index is 5.52. The van der Waals surface area contributed by atoms with Gasteiger partial charge in [-0.25, -0.2) is 0 Å². The van der Waals surface area contributed by atoms with Gasteiger partial charge in [0.2, 0.25) is 0 Å². The minimum absolute atomic E-state index is 0.692. The maximum atomic E-state index is 5.52. The smallest absolute Gasteiger partial charge is 0.131 e. The Morgan fingerprint density at radius 2 is 2.33 bits per heavy atom. The van der Waals surface area contributed by atoms with Gasteiger partial charge in [-0.05, 0) is 41.7 Å². The van der Waals surface area contributed by atoms with E-state index in [2.05, 4.69) is 26.1 Å². The molecule has 0 aromatic carbocycles. The summed E-state index contributed by atoms with van der Waals surface area (Å²) in [4.78, 5) is 0. The molecule has 0 spiro atoms. The lowest BCUT2D eigenvalue weighted by atomic mass is 10.1.